The van der Waals surface area contributed by atoms with Crippen molar-refractivity contribution in [1.29, 1.82) is 0 Å². The number of rotatable bonds is 7. The third kappa shape index (κ3) is 5.34. The molecule has 126 valence electrons. The van der Waals surface area contributed by atoms with E-state index in [0.29, 0.717) is 6.61 Å². The Morgan fingerprint density at radius 2 is 1.71 bits per heavy atom. The molecule has 0 aliphatic heterocycles. The molecule has 0 aliphatic carbocycles. The lowest BCUT2D eigenvalue weighted by atomic mass is 10.2. The smallest absolute Gasteiger partial charge is 0.124 e. The highest BCUT2D eigenvalue weighted by atomic mass is 35.5. The molecule has 3 rings (SSSR count). The number of halogens is 2. The van der Waals surface area contributed by atoms with Crippen LogP contribution in [0.5, 0.6) is 5.75 Å². The number of ether oxygens (including phenoxy) is 1. The third-order valence-corrected chi connectivity index (χ3v) is 4.35. The minimum Gasteiger partial charge on any atom is -1.00 e. The third-order valence-electron chi connectivity index (χ3n) is 3.47. The predicted molar refractivity (Wildman–Crippen MR) is 92.0 cm³/mol. The van der Waals surface area contributed by atoms with Gasteiger partial charge in [0.15, 0.2) is 0 Å². The summed E-state index contributed by atoms with van der Waals surface area (Å²) < 4.78 is 18.8. The lowest BCUT2D eigenvalue weighted by Crippen LogP contribution is -3.00. The van der Waals surface area contributed by atoms with Crippen LogP contribution in [0.2, 0.25) is 0 Å². The minimum atomic E-state index is -0.230. The zero-order chi connectivity index (χ0) is 15.9. The maximum atomic E-state index is 12.9. The summed E-state index contributed by atoms with van der Waals surface area (Å²) in [6, 6.07) is 18.6. The summed E-state index contributed by atoms with van der Waals surface area (Å²) in [4.78, 5) is 1.31. The van der Waals surface area contributed by atoms with E-state index in [4.69, 9.17) is 4.74 Å². The molecule has 0 aliphatic rings. The van der Waals surface area contributed by atoms with Crippen molar-refractivity contribution in [3.05, 3.63) is 87.9 Å². The van der Waals surface area contributed by atoms with Crippen molar-refractivity contribution in [2.24, 2.45) is 0 Å². The molecule has 1 heterocycles. The molecule has 0 unspecified atom stereocenters. The molecule has 3 aromatic rings. The van der Waals surface area contributed by atoms with E-state index in [2.05, 4.69) is 28.9 Å². The molecule has 0 spiro atoms. The van der Waals surface area contributed by atoms with Gasteiger partial charge in [-0.2, -0.15) is 0 Å². The molecule has 1 N–H and O–H groups in total. The van der Waals surface area contributed by atoms with Crippen LogP contribution in [0.3, 0.4) is 0 Å². The van der Waals surface area contributed by atoms with E-state index in [-0.39, 0.29) is 18.2 Å². The standard InChI is InChI=1S/C19H18FNOS.ClH/c20-17-9-7-15(8-10-17)14-22-19-6-2-1-4-16(19)12-21-13-18-5-3-11-23-18;/h1-11,21H,12-14H2;1H/p-1. The van der Waals surface area contributed by atoms with Crippen LogP contribution in [0.15, 0.2) is 66.0 Å². The summed E-state index contributed by atoms with van der Waals surface area (Å²) in [7, 11) is 0. The molecular weight excluding hydrogens is 345 g/mol. The van der Waals surface area contributed by atoms with Gasteiger partial charge >= 0.3 is 0 Å². The van der Waals surface area contributed by atoms with E-state index in [9.17, 15) is 4.39 Å². The second-order valence-electron chi connectivity index (χ2n) is 5.21. The van der Waals surface area contributed by atoms with Gasteiger partial charge in [-0.3, -0.25) is 0 Å². The minimum absolute atomic E-state index is 0. The molecule has 0 atom stereocenters. The zero-order valence-corrected chi connectivity index (χ0v) is 14.6. The van der Waals surface area contributed by atoms with Gasteiger partial charge in [0.25, 0.3) is 0 Å². The highest BCUT2D eigenvalue weighted by Gasteiger charge is 2.04. The molecule has 1 aromatic heterocycles. The van der Waals surface area contributed by atoms with Crippen molar-refractivity contribution in [3.8, 4) is 5.75 Å². The van der Waals surface area contributed by atoms with E-state index < -0.39 is 0 Å². The average Bonchev–Trinajstić information content (AvgIpc) is 3.09. The molecule has 0 amide bonds. The molecule has 24 heavy (non-hydrogen) atoms. The molecule has 0 radical (unpaired) electrons. The maximum absolute atomic E-state index is 12.9. The van der Waals surface area contributed by atoms with Gasteiger partial charge in [-0.15, -0.1) is 11.3 Å². The van der Waals surface area contributed by atoms with E-state index in [1.807, 2.05) is 18.2 Å². The van der Waals surface area contributed by atoms with Crippen LogP contribution < -0.4 is 22.5 Å². The van der Waals surface area contributed by atoms with Crippen molar-refractivity contribution in [3.63, 3.8) is 0 Å². The molecule has 0 saturated heterocycles. The number of para-hydroxylation sites is 1. The first kappa shape index (κ1) is 18.5. The predicted octanol–water partition coefficient (Wildman–Crippen LogP) is 1.76. The average molecular weight is 363 g/mol. The molecule has 5 heteroatoms. The zero-order valence-electron chi connectivity index (χ0n) is 13.0. The Morgan fingerprint density at radius 1 is 0.917 bits per heavy atom. The Hall–Kier alpha value is -1.88. The molecular formula is C19H18ClFNOS-. The number of thiophene rings is 1. The van der Waals surface area contributed by atoms with Gasteiger partial charge in [-0.25, -0.2) is 4.39 Å². The summed E-state index contributed by atoms with van der Waals surface area (Å²) in [5, 5.41) is 5.51. The fourth-order valence-corrected chi connectivity index (χ4v) is 2.94. The van der Waals surface area contributed by atoms with E-state index in [1.165, 1.54) is 17.0 Å². The Balaban J connectivity index is 0.00000208. The number of nitrogens with one attached hydrogen (secondary N) is 1. The van der Waals surface area contributed by atoms with Crippen LogP contribution in [0.1, 0.15) is 16.0 Å². The van der Waals surface area contributed by atoms with E-state index >= 15 is 0 Å². The Morgan fingerprint density at radius 3 is 2.46 bits per heavy atom. The SMILES string of the molecule is Fc1ccc(COc2ccccc2CNCc2cccs2)cc1.[Cl-]. The van der Waals surface area contributed by atoms with Gasteiger partial charge in [0.2, 0.25) is 0 Å². The van der Waals surface area contributed by atoms with Crippen molar-refractivity contribution in [2.75, 3.05) is 0 Å². The lowest BCUT2D eigenvalue weighted by molar-refractivity contribution is -0.00000550. The molecule has 0 bridgehead atoms. The van der Waals surface area contributed by atoms with Gasteiger partial charge < -0.3 is 22.5 Å². The van der Waals surface area contributed by atoms with E-state index in [0.717, 1.165) is 30.0 Å². The topological polar surface area (TPSA) is 21.3 Å². The summed E-state index contributed by atoms with van der Waals surface area (Å²) in [5.41, 5.74) is 2.07. The number of hydrogen-bond donors (Lipinski definition) is 1. The number of hydrogen-bond acceptors (Lipinski definition) is 3. The first-order chi connectivity index (χ1) is 11.3. The highest BCUT2D eigenvalue weighted by Crippen LogP contribution is 2.20. The summed E-state index contributed by atoms with van der Waals surface area (Å²) >= 11 is 1.75. The Bertz CT molecular complexity index is 731. The first-order valence-electron chi connectivity index (χ1n) is 7.49. The molecule has 0 fully saturated rings. The molecule has 0 saturated carbocycles. The monoisotopic (exact) mass is 362 g/mol. The van der Waals surface area contributed by atoms with Crippen molar-refractivity contribution >= 4 is 11.3 Å². The van der Waals surface area contributed by atoms with Crippen molar-refractivity contribution in [2.45, 2.75) is 19.7 Å². The molecule has 2 nitrogen and oxygen atoms in total. The number of benzene rings is 2. The first-order valence-corrected chi connectivity index (χ1v) is 8.37. The maximum Gasteiger partial charge on any atom is 0.124 e. The summed E-state index contributed by atoms with van der Waals surface area (Å²) in [5.74, 6) is 0.627. The largest absolute Gasteiger partial charge is 1.00 e. The Kier molecular flexibility index (Phi) is 7.25. The van der Waals surface area contributed by atoms with Crippen molar-refractivity contribution < 1.29 is 21.5 Å². The molecule has 2 aromatic carbocycles. The van der Waals surface area contributed by atoms with Crippen molar-refractivity contribution in [1.82, 2.24) is 5.32 Å². The quantitative estimate of drug-likeness (QED) is 0.691. The van der Waals surface area contributed by atoms with E-state index in [1.54, 1.807) is 23.5 Å². The highest BCUT2D eigenvalue weighted by molar-refractivity contribution is 7.09. The second kappa shape index (κ2) is 9.42. The normalized spacial score (nSPS) is 10.2. The second-order valence-corrected chi connectivity index (χ2v) is 6.24. The van der Waals surface area contributed by atoms with Crippen LogP contribution in [0.25, 0.3) is 0 Å². The van der Waals surface area contributed by atoms with Crippen LogP contribution >= 0.6 is 11.3 Å². The Labute approximate surface area is 151 Å². The van der Waals surface area contributed by atoms with Crippen LogP contribution in [-0.2, 0) is 19.7 Å². The fourth-order valence-electron chi connectivity index (χ4n) is 2.27. The van der Waals surface area contributed by atoms with Crippen LogP contribution in [0.4, 0.5) is 4.39 Å². The van der Waals surface area contributed by atoms with Gasteiger partial charge in [0.1, 0.15) is 18.2 Å². The van der Waals surface area contributed by atoms with Crippen LogP contribution in [0, 0.1) is 5.82 Å². The van der Waals surface area contributed by atoms with Gasteiger partial charge in [-0.1, -0.05) is 36.4 Å². The van der Waals surface area contributed by atoms with Gasteiger partial charge in [0.05, 0.1) is 0 Å². The van der Waals surface area contributed by atoms with Crippen LogP contribution in [-0.4, -0.2) is 0 Å². The van der Waals surface area contributed by atoms with Gasteiger partial charge in [-0.05, 0) is 35.2 Å². The van der Waals surface area contributed by atoms with Gasteiger partial charge in [0, 0.05) is 23.5 Å². The fraction of sp³-hybridized carbons (Fsp3) is 0.158. The summed E-state index contributed by atoms with van der Waals surface area (Å²) in [6.45, 7) is 2.03. The summed E-state index contributed by atoms with van der Waals surface area (Å²) in [6.07, 6.45) is 0. The lowest BCUT2D eigenvalue weighted by Gasteiger charge is -2.12.